The van der Waals surface area contributed by atoms with Gasteiger partial charge in [0, 0.05) is 6.04 Å². The van der Waals surface area contributed by atoms with Crippen molar-refractivity contribution in [2.45, 2.75) is 44.2 Å². The van der Waals surface area contributed by atoms with Gasteiger partial charge in [-0.25, -0.2) is 17.9 Å². The fourth-order valence-corrected chi connectivity index (χ4v) is 3.40. The highest BCUT2D eigenvalue weighted by molar-refractivity contribution is 7.89. The van der Waals surface area contributed by atoms with E-state index in [1.807, 2.05) is 13.8 Å². The second kappa shape index (κ2) is 10.0. The molecule has 0 fully saturated rings. The van der Waals surface area contributed by atoms with Gasteiger partial charge in [0.05, 0.1) is 23.3 Å². The van der Waals surface area contributed by atoms with Gasteiger partial charge in [-0.05, 0) is 49.2 Å². The molecule has 0 radical (unpaired) electrons. The highest BCUT2D eigenvalue weighted by Gasteiger charge is 2.17. The van der Waals surface area contributed by atoms with Crippen LogP contribution in [-0.2, 0) is 26.1 Å². The third-order valence-corrected chi connectivity index (χ3v) is 5.52. The summed E-state index contributed by atoms with van der Waals surface area (Å²) in [5.41, 5.74) is 0.153. The van der Waals surface area contributed by atoms with Crippen LogP contribution in [0.4, 0.5) is 0 Å². The zero-order valence-corrected chi connectivity index (χ0v) is 16.6. The molecule has 152 valence electrons. The molecule has 1 amide bonds. The van der Waals surface area contributed by atoms with Crippen molar-refractivity contribution in [2.75, 3.05) is 6.61 Å². The van der Waals surface area contributed by atoms with Crippen LogP contribution < -0.4 is 10.0 Å². The summed E-state index contributed by atoms with van der Waals surface area (Å²) < 4.78 is 37.0. The van der Waals surface area contributed by atoms with Crippen LogP contribution in [0.25, 0.3) is 0 Å². The summed E-state index contributed by atoms with van der Waals surface area (Å²) in [5, 5.41) is 2.77. The van der Waals surface area contributed by atoms with Crippen LogP contribution in [0.1, 0.15) is 42.8 Å². The number of ether oxygens (including phenoxy) is 1. The first-order chi connectivity index (χ1) is 13.4. The number of furan rings is 1. The molecule has 0 bridgehead atoms. The maximum Gasteiger partial charge on any atom is 0.338 e. The first-order valence-corrected chi connectivity index (χ1v) is 10.4. The van der Waals surface area contributed by atoms with Gasteiger partial charge in [0.1, 0.15) is 5.76 Å². The molecule has 9 heteroatoms. The van der Waals surface area contributed by atoms with Gasteiger partial charge < -0.3 is 14.5 Å². The van der Waals surface area contributed by atoms with Crippen molar-refractivity contribution in [2.24, 2.45) is 0 Å². The average Bonchev–Trinajstić information content (AvgIpc) is 3.22. The number of benzene rings is 1. The number of hydrogen-bond acceptors (Lipinski definition) is 6. The lowest BCUT2D eigenvalue weighted by Gasteiger charge is -2.14. The molecular formula is C19H24N2O6S. The van der Waals surface area contributed by atoms with E-state index in [2.05, 4.69) is 10.0 Å². The Balaban J connectivity index is 1.90. The predicted octanol–water partition coefficient (Wildman–Crippen LogP) is 2.22. The predicted molar refractivity (Wildman–Crippen MR) is 102 cm³/mol. The summed E-state index contributed by atoms with van der Waals surface area (Å²) in [4.78, 5) is 23.8. The van der Waals surface area contributed by atoms with Crippen molar-refractivity contribution in [3.63, 3.8) is 0 Å². The van der Waals surface area contributed by atoms with Crippen LogP contribution in [0.3, 0.4) is 0 Å². The third-order valence-electron chi connectivity index (χ3n) is 4.10. The summed E-state index contributed by atoms with van der Waals surface area (Å²) in [6.45, 7) is 3.55. The van der Waals surface area contributed by atoms with Gasteiger partial charge in [-0.2, -0.15) is 0 Å². The SMILES string of the molecule is CCC(CC)NC(=O)COC(=O)c1ccc(S(=O)(=O)NCc2ccco2)cc1. The number of esters is 1. The van der Waals surface area contributed by atoms with Gasteiger partial charge in [-0.15, -0.1) is 0 Å². The number of rotatable bonds is 10. The van der Waals surface area contributed by atoms with E-state index in [0.717, 1.165) is 12.8 Å². The Bertz CT molecular complexity index is 872. The lowest BCUT2D eigenvalue weighted by molar-refractivity contribution is -0.125. The van der Waals surface area contributed by atoms with E-state index in [0.29, 0.717) is 5.76 Å². The highest BCUT2D eigenvalue weighted by atomic mass is 32.2. The minimum Gasteiger partial charge on any atom is -0.468 e. The summed E-state index contributed by atoms with van der Waals surface area (Å²) in [6, 6.07) is 8.63. The maximum absolute atomic E-state index is 12.3. The number of sulfonamides is 1. The smallest absolute Gasteiger partial charge is 0.338 e. The van der Waals surface area contributed by atoms with Crippen molar-refractivity contribution in [1.29, 1.82) is 0 Å². The van der Waals surface area contributed by atoms with Gasteiger partial charge in [0.2, 0.25) is 10.0 Å². The molecule has 0 aliphatic carbocycles. The van der Waals surface area contributed by atoms with Crippen LogP contribution in [0.2, 0.25) is 0 Å². The van der Waals surface area contributed by atoms with Crippen LogP contribution in [0.5, 0.6) is 0 Å². The zero-order valence-electron chi connectivity index (χ0n) is 15.8. The lowest BCUT2D eigenvalue weighted by Crippen LogP contribution is -2.36. The molecule has 2 N–H and O–H groups in total. The number of carbonyl (C=O) groups is 2. The Hall–Kier alpha value is -2.65. The first-order valence-electron chi connectivity index (χ1n) is 8.94. The van der Waals surface area contributed by atoms with Gasteiger partial charge in [-0.3, -0.25) is 4.79 Å². The Morgan fingerprint density at radius 2 is 1.79 bits per heavy atom. The largest absolute Gasteiger partial charge is 0.468 e. The van der Waals surface area contributed by atoms with Gasteiger partial charge >= 0.3 is 5.97 Å². The standard InChI is InChI=1S/C19H24N2O6S/c1-3-15(4-2)21-18(22)13-27-19(23)14-7-9-17(10-8-14)28(24,25)20-12-16-6-5-11-26-16/h5-11,15,20H,3-4,12-13H2,1-2H3,(H,21,22). The summed E-state index contributed by atoms with van der Waals surface area (Å²) in [6.07, 6.45) is 3.04. The molecule has 0 aliphatic rings. The second-order valence-corrected chi connectivity index (χ2v) is 7.85. The molecule has 1 aromatic carbocycles. The van der Waals surface area contributed by atoms with Crippen LogP contribution in [-0.4, -0.2) is 32.9 Å². The first kappa shape index (κ1) is 21.6. The molecule has 0 spiro atoms. The fraction of sp³-hybridized carbons (Fsp3) is 0.368. The second-order valence-electron chi connectivity index (χ2n) is 6.09. The van der Waals surface area contributed by atoms with Crippen molar-refractivity contribution >= 4 is 21.9 Å². The normalized spacial score (nSPS) is 11.4. The Morgan fingerprint density at radius 1 is 1.11 bits per heavy atom. The molecule has 8 nitrogen and oxygen atoms in total. The number of nitrogens with one attached hydrogen (secondary N) is 2. The van der Waals surface area contributed by atoms with Gasteiger partial charge in [0.15, 0.2) is 6.61 Å². The molecule has 0 atom stereocenters. The Kier molecular flexibility index (Phi) is 7.77. The van der Waals surface area contributed by atoms with Crippen molar-refractivity contribution < 1.29 is 27.2 Å². The fourth-order valence-electron chi connectivity index (χ4n) is 2.41. The monoisotopic (exact) mass is 408 g/mol. The van der Waals surface area contributed by atoms with E-state index < -0.39 is 16.0 Å². The summed E-state index contributed by atoms with van der Waals surface area (Å²) in [7, 11) is -3.75. The highest BCUT2D eigenvalue weighted by Crippen LogP contribution is 2.12. The number of carbonyl (C=O) groups excluding carboxylic acids is 2. The van der Waals surface area contributed by atoms with Crippen LogP contribution in [0.15, 0.2) is 52.0 Å². The number of amides is 1. The molecule has 0 saturated heterocycles. The maximum atomic E-state index is 12.3. The molecule has 0 unspecified atom stereocenters. The average molecular weight is 408 g/mol. The van der Waals surface area contributed by atoms with E-state index >= 15 is 0 Å². The molecule has 28 heavy (non-hydrogen) atoms. The van der Waals surface area contributed by atoms with Crippen molar-refractivity contribution in [1.82, 2.24) is 10.0 Å². The molecule has 1 heterocycles. The quantitative estimate of drug-likeness (QED) is 0.583. The van der Waals surface area contributed by atoms with Gasteiger partial charge in [0.25, 0.3) is 5.91 Å². The van der Waals surface area contributed by atoms with E-state index in [4.69, 9.17) is 9.15 Å². The van der Waals surface area contributed by atoms with E-state index in [9.17, 15) is 18.0 Å². The lowest BCUT2D eigenvalue weighted by atomic mass is 10.2. The molecular weight excluding hydrogens is 384 g/mol. The minimum atomic E-state index is -3.75. The molecule has 2 rings (SSSR count). The minimum absolute atomic E-state index is 0.00193. The summed E-state index contributed by atoms with van der Waals surface area (Å²) in [5.74, 6) is -0.592. The van der Waals surface area contributed by atoms with E-state index in [1.54, 1.807) is 12.1 Å². The molecule has 0 saturated carbocycles. The molecule has 1 aromatic heterocycles. The van der Waals surface area contributed by atoms with Crippen molar-refractivity contribution in [3.8, 4) is 0 Å². The van der Waals surface area contributed by atoms with E-state index in [1.165, 1.54) is 30.5 Å². The number of hydrogen-bond donors (Lipinski definition) is 2. The van der Waals surface area contributed by atoms with E-state index in [-0.39, 0.29) is 35.6 Å². The molecule has 2 aromatic rings. The molecule has 0 aliphatic heterocycles. The van der Waals surface area contributed by atoms with Crippen LogP contribution in [0, 0.1) is 0 Å². The van der Waals surface area contributed by atoms with Crippen molar-refractivity contribution in [3.05, 3.63) is 54.0 Å². The zero-order chi connectivity index (χ0) is 20.6. The third kappa shape index (κ3) is 6.21. The Morgan fingerprint density at radius 3 is 2.36 bits per heavy atom. The van der Waals surface area contributed by atoms with Gasteiger partial charge in [-0.1, -0.05) is 13.8 Å². The Labute approximate surface area is 164 Å². The summed E-state index contributed by atoms with van der Waals surface area (Å²) >= 11 is 0. The topological polar surface area (TPSA) is 115 Å². The van der Waals surface area contributed by atoms with Crippen LogP contribution >= 0.6 is 0 Å².